The summed E-state index contributed by atoms with van der Waals surface area (Å²) in [5.74, 6) is 0. The lowest BCUT2D eigenvalue weighted by Gasteiger charge is -2.19. The number of hydrogen-bond donors (Lipinski definition) is 1. The lowest BCUT2D eigenvalue weighted by atomic mass is 10.1. The van der Waals surface area contributed by atoms with Crippen LogP contribution >= 0.6 is 22.9 Å². The van der Waals surface area contributed by atoms with Crippen LogP contribution in [0.25, 0.3) is 4.96 Å². The Balaban J connectivity index is 1.91. The fourth-order valence-electron chi connectivity index (χ4n) is 2.35. The van der Waals surface area contributed by atoms with E-state index in [1.54, 1.807) is 18.5 Å². The van der Waals surface area contributed by atoms with Gasteiger partial charge in [0.15, 0.2) is 15.1 Å². The molecule has 9 heteroatoms. The second-order valence-corrected chi connectivity index (χ2v) is 7.59. The zero-order valence-electron chi connectivity index (χ0n) is 10.7. The lowest BCUT2D eigenvalue weighted by Crippen LogP contribution is -2.41. The Morgan fingerprint density at radius 3 is 3.15 bits per heavy atom. The van der Waals surface area contributed by atoms with Gasteiger partial charge >= 0.3 is 0 Å². The highest BCUT2D eigenvalue weighted by Gasteiger charge is 2.30. The van der Waals surface area contributed by atoms with E-state index in [4.69, 9.17) is 16.3 Å². The molecule has 3 rings (SSSR count). The van der Waals surface area contributed by atoms with Gasteiger partial charge in [-0.25, -0.2) is 18.1 Å². The molecule has 2 aromatic rings. The van der Waals surface area contributed by atoms with Crippen LogP contribution in [0.3, 0.4) is 0 Å². The normalized spacial score (nSPS) is 21.6. The zero-order valence-corrected chi connectivity index (χ0v) is 13.1. The highest BCUT2D eigenvalue weighted by molar-refractivity contribution is 7.89. The van der Waals surface area contributed by atoms with E-state index in [0.717, 1.165) is 12.8 Å². The van der Waals surface area contributed by atoms with Crippen LogP contribution < -0.4 is 4.72 Å². The number of halogens is 1. The van der Waals surface area contributed by atoms with E-state index in [1.165, 1.54) is 15.7 Å². The van der Waals surface area contributed by atoms with Gasteiger partial charge in [-0.3, -0.25) is 4.40 Å². The van der Waals surface area contributed by atoms with Crippen LogP contribution in [-0.2, 0) is 14.8 Å². The minimum atomic E-state index is -3.74. The standard InChI is InChI=1S/C11H14ClN3O3S2/c1-7(8-3-2-5-18-8)14-20(16,17)10-9(12)13-11-15(10)4-6-19-11/h4,6-8,14H,2-3,5H2,1H3. The van der Waals surface area contributed by atoms with E-state index in [0.29, 0.717) is 11.6 Å². The number of sulfonamides is 1. The fourth-order valence-corrected chi connectivity index (χ4v) is 5.08. The molecule has 3 heterocycles. The maximum absolute atomic E-state index is 12.5. The number of hydrogen-bond acceptors (Lipinski definition) is 5. The third-order valence-electron chi connectivity index (χ3n) is 3.30. The van der Waals surface area contributed by atoms with E-state index >= 15 is 0 Å². The Kier molecular flexibility index (Phi) is 3.76. The third kappa shape index (κ3) is 2.46. The number of thiazole rings is 1. The molecule has 20 heavy (non-hydrogen) atoms. The first kappa shape index (κ1) is 14.3. The molecule has 0 aromatic carbocycles. The van der Waals surface area contributed by atoms with Crippen molar-refractivity contribution in [3.8, 4) is 0 Å². The Bertz CT molecular complexity index is 718. The second-order valence-electron chi connectivity index (χ2n) is 4.72. The molecular weight excluding hydrogens is 322 g/mol. The Labute approximate surface area is 125 Å². The van der Waals surface area contributed by atoms with Crippen molar-refractivity contribution >= 4 is 37.9 Å². The van der Waals surface area contributed by atoms with E-state index < -0.39 is 10.0 Å². The summed E-state index contributed by atoms with van der Waals surface area (Å²) in [7, 11) is -3.74. The molecule has 0 aliphatic carbocycles. The van der Waals surface area contributed by atoms with Crippen LogP contribution in [0.2, 0.25) is 5.15 Å². The number of nitrogens with zero attached hydrogens (tertiary/aromatic N) is 2. The molecule has 6 nitrogen and oxygen atoms in total. The van der Waals surface area contributed by atoms with Crippen molar-refractivity contribution in [1.82, 2.24) is 14.1 Å². The number of ether oxygens (including phenoxy) is 1. The van der Waals surface area contributed by atoms with Crippen molar-refractivity contribution in [3.05, 3.63) is 16.7 Å². The van der Waals surface area contributed by atoms with Crippen LogP contribution in [0.1, 0.15) is 19.8 Å². The average molecular weight is 336 g/mol. The Morgan fingerprint density at radius 2 is 2.45 bits per heavy atom. The van der Waals surface area contributed by atoms with E-state index in [9.17, 15) is 8.42 Å². The molecule has 110 valence electrons. The molecule has 2 atom stereocenters. The molecule has 0 bridgehead atoms. The van der Waals surface area contributed by atoms with Gasteiger partial charge < -0.3 is 4.74 Å². The molecule has 1 aliphatic rings. The van der Waals surface area contributed by atoms with Gasteiger partial charge in [0.05, 0.1) is 6.10 Å². The van der Waals surface area contributed by atoms with Gasteiger partial charge in [0.2, 0.25) is 0 Å². The third-order valence-corrected chi connectivity index (χ3v) is 6.01. The van der Waals surface area contributed by atoms with Gasteiger partial charge in [-0.15, -0.1) is 11.3 Å². The van der Waals surface area contributed by atoms with Crippen LogP contribution in [0.4, 0.5) is 0 Å². The fraction of sp³-hybridized carbons (Fsp3) is 0.545. The Morgan fingerprint density at radius 1 is 1.65 bits per heavy atom. The van der Waals surface area contributed by atoms with Gasteiger partial charge in [-0.1, -0.05) is 11.6 Å². The Hall–Kier alpha value is -0.670. The molecular formula is C11H14ClN3O3S2. The summed E-state index contributed by atoms with van der Waals surface area (Å²) in [6.45, 7) is 2.48. The molecule has 0 spiro atoms. The zero-order chi connectivity index (χ0) is 14.3. The van der Waals surface area contributed by atoms with Gasteiger partial charge in [0, 0.05) is 24.2 Å². The maximum Gasteiger partial charge on any atom is 0.260 e. The molecule has 1 fully saturated rings. The molecule has 0 amide bonds. The molecule has 1 saturated heterocycles. The monoisotopic (exact) mass is 335 g/mol. The first-order chi connectivity index (χ1) is 9.49. The number of rotatable bonds is 4. The summed E-state index contributed by atoms with van der Waals surface area (Å²) in [5.41, 5.74) is 0. The smallest absolute Gasteiger partial charge is 0.260 e. The van der Waals surface area contributed by atoms with Crippen molar-refractivity contribution < 1.29 is 13.2 Å². The molecule has 2 aromatic heterocycles. The molecule has 1 N–H and O–H groups in total. The minimum Gasteiger partial charge on any atom is -0.377 e. The molecule has 0 saturated carbocycles. The summed E-state index contributed by atoms with van der Waals surface area (Å²) in [4.78, 5) is 4.60. The first-order valence-electron chi connectivity index (χ1n) is 6.24. The number of imidazole rings is 1. The average Bonchev–Trinajstić information content (AvgIpc) is 3.01. The van der Waals surface area contributed by atoms with Crippen LogP contribution in [0.5, 0.6) is 0 Å². The van der Waals surface area contributed by atoms with Gasteiger partial charge in [0.1, 0.15) is 0 Å². The van der Waals surface area contributed by atoms with Crippen molar-refractivity contribution in [2.24, 2.45) is 0 Å². The largest absolute Gasteiger partial charge is 0.377 e. The SMILES string of the molecule is CC(NS(=O)(=O)c1c(Cl)nc2sccn12)C1CCCO1. The predicted octanol–water partition coefficient (Wildman–Crippen LogP) is 1.90. The molecule has 2 unspecified atom stereocenters. The highest BCUT2D eigenvalue weighted by atomic mass is 35.5. The molecule has 1 aliphatic heterocycles. The topological polar surface area (TPSA) is 72.7 Å². The van der Waals surface area contributed by atoms with Crippen molar-refractivity contribution in [2.45, 2.75) is 36.9 Å². The van der Waals surface area contributed by atoms with Gasteiger partial charge in [0.25, 0.3) is 10.0 Å². The van der Waals surface area contributed by atoms with Crippen molar-refractivity contribution in [3.63, 3.8) is 0 Å². The van der Waals surface area contributed by atoms with Crippen LogP contribution in [0, 0.1) is 0 Å². The summed E-state index contributed by atoms with van der Waals surface area (Å²) >= 11 is 7.29. The summed E-state index contributed by atoms with van der Waals surface area (Å²) in [6.07, 6.45) is 3.37. The van der Waals surface area contributed by atoms with Crippen molar-refractivity contribution in [1.29, 1.82) is 0 Å². The van der Waals surface area contributed by atoms with Crippen LogP contribution in [0.15, 0.2) is 16.6 Å². The molecule has 0 radical (unpaired) electrons. The number of fused-ring (bicyclic) bond motifs is 1. The van der Waals surface area contributed by atoms with Gasteiger partial charge in [-0.05, 0) is 19.8 Å². The second kappa shape index (κ2) is 5.27. The first-order valence-corrected chi connectivity index (χ1v) is 8.98. The van der Waals surface area contributed by atoms with E-state index in [1.807, 2.05) is 0 Å². The number of aromatic nitrogens is 2. The van der Waals surface area contributed by atoms with E-state index in [2.05, 4.69) is 9.71 Å². The summed E-state index contributed by atoms with van der Waals surface area (Å²) in [6, 6.07) is -0.303. The quantitative estimate of drug-likeness (QED) is 0.926. The van der Waals surface area contributed by atoms with Crippen LogP contribution in [-0.4, -0.2) is 36.6 Å². The predicted molar refractivity (Wildman–Crippen MR) is 76.8 cm³/mol. The maximum atomic E-state index is 12.5. The lowest BCUT2D eigenvalue weighted by molar-refractivity contribution is 0.0902. The summed E-state index contributed by atoms with van der Waals surface area (Å²) < 4.78 is 34.6. The van der Waals surface area contributed by atoms with E-state index in [-0.39, 0.29) is 22.3 Å². The highest BCUT2D eigenvalue weighted by Crippen LogP contribution is 2.26. The number of nitrogens with one attached hydrogen (secondary N) is 1. The van der Waals surface area contributed by atoms with Gasteiger partial charge in [-0.2, -0.15) is 0 Å². The van der Waals surface area contributed by atoms with Crippen molar-refractivity contribution in [2.75, 3.05) is 6.61 Å². The minimum absolute atomic E-state index is 0.0103. The summed E-state index contributed by atoms with van der Waals surface area (Å²) in [5, 5.41) is 1.74.